The van der Waals surface area contributed by atoms with Crippen molar-refractivity contribution >= 4 is 16.5 Å². The number of nitriles is 1. The smallest absolute Gasteiger partial charge is 0.141 e. The third-order valence-electron chi connectivity index (χ3n) is 2.70. The van der Waals surface area contributed by atoms with Crippen molar-refractivity contribution in [3.63, 3.8) is 0 Å². The second kappa shape index (κ2) is 5.33. The summed E-state index contributed by atoms with van der Waals surface area (Å²) < 4.78 is 5.37. The molecule has 3 nitrogen and oxygen atoms in total. The van der Waals surface area contributed by atoms with Crippen LogP contribution in [0, 0.1) is 11.3 Å². The average Bonchev–Trinajstić information content (AvgIpc) is 2.43. The van der Waals surface area contributed by atoms with E-state index in [2.05, 4.69) is 11.1 Å². The molecule has 90 valence electrons. The highest BCUT2D eigenvalue weighted by molar-refractivity contribution is 5.91. The molecule has 0 fully saturated rings. The van der Waals surface area contributed by atoms with Crippen molar-refractivity contribution in [1.29, 1.82) is 5.26 Å². The van der Waals surface area contributed by atoms with Gasteiger partial charge in [0.15, 0.2) is 0 Å². The van der Waals surface area contributed by atoms with Crippen LogP contribution in [0.25, 0.3) is 16.5 Å². The van der Waals surface area contributed by atoms with E-state index in [9.17, 15) is 0 Å². The van der Waals surface area contributed by atoms with E-state index in [0.29, 0.717) is 11.5 Å². The summed E-state index contributed by atoms with van der Waals surface area (Å²) in [5.41, 5.74) is 1.14. The molecule has 0 aliphatic carbocycles. The van der Waals surface area contributed by atoms with Crippen LogP contribution in [0.1, 0.15) is 24.7 Å². The van der Waals surface area contributed by atoms with Crippen LogP contribution < -0.4 is 0 Å². The Morgan fingerprint density at radius 3 is 2.89 bits per heavy atom. The molecule has 18 heavy (non-hydrogen) atoms. The van der Waals surface area contributed by atoms with Gasteiger partial charge in [-0.05, 0) is 23.9 Å². The van der Waals surface area contributed by atoms with Crippen molar-refractivity contribution in [3.8, 4) is 6.07 Å². The first-order chi connectivity index (χ1) is 8.80. The maximum atomic E-state index is 9.03. The highest BCUT2D eigenvalue weighted by atomic mass is 16.5. The first kappa shape index (κ1) is 12.1. The van der Waals surface area contributed by atoms with Crippen LogP contribution in [0.3, 0.4) is 0 Å². The Hall–Kier alpha value is -2.34. The number of aromatic nitrogens is 1. The van der Waals surface area contributed by atoms with Gasteiger partial charge in [-0.2, -0.15) is 5.26 Å². The average molecular weight is 238 g/mol. The van der Waals surface area contributed by atoms with E-state index in [1.165, 1.54) is 0 Å². The molecule has 0 bridgehead atoms. The van der Waals surface area contributed by atoms with Crippen molar-refractivity contribution < 1.29 is 4.74 Å². The quantitative estimate of drug-likeness (QED) is 0.769. The van der Waals surface area contributed by atoms with Crippen LogP contribution in [-0.2, 0) is 4.74 Å². The molecule has 1 aromatic carbocycles. The minimum Gasteiger partial charge on any atom is -0.495 e. The van der Waals surface area contributed by atoms with Crippen molar-refractivity contribution in [3.05, 3.63) is 47.8 Å². The second-order valence-electron chi connectivity index (χ2n) is 3.87. The zero-order valence-electron chi connectivity index (χ0n) is 10.5. The number of nitrogens with zero attached hydrogens (tertiary/aromatic N) is 2. The van der Waals surface area contributed by atoms with E-state index in [1.54, 1.807) is 13.2 Å². The fraction of sp³-hybridized carbons (Fsp3) is 0.200. The van der Waals surface area contributed by atoms with Gasteiger partial charge >= 0.3 is 0 Å². The van der Waals surface area contributed by atoms with Gasteiger partial charge in [0.2, 0.25) is 0 Å². The molecule has 2 rings (SSSR count). The predicted octanol–water partition coefficient (Wildman–Crippen LogP) is 3.50. The number of fused-ring (bicyclic) bond motifs is 1. The van der Waals surface area contributed by atoms with E-state index in [0.717, 1.165) is 22.9 Å². The van der Waals surface area contributed by atoms with Crippen molar-refractivity contribution in [2.24, 2.45) is 0 Å². The molecular formula is C15H14N2O. The first-order valence-electron chi connectivity index (χ1n) is 5.84. The number of methoxy groups -OCH3 is 1. The highest BCUT2D eigenvalue weighted by Gasteiger charge is 2.10. The number of hydrogen-bond acceptors (Lipinski definition) is 3. The van der Waals surface area contributed by atoms with Gasteiger partial charge in [-0.15, -0.1) is 0 Å². The Morgan fingerprint density at radius 1 is 1.44 bits per heavy atom. The molecule has 1 heterocycles. The van der Waals surface area contributed by atoms with Crippen LogP contribution >= 0.6 is 0 Å². The van der Waals surface area contributed by atoms with Crippen LogP contribution in [0.15, 0.2) is 36.4 Å². The Kier molecular flexibility index (Phi) is 3.59. The Labute approximate surface area is 106 Å². The van der Waals surface area contributed by atoms with Gasteiger partial charge in [-0.3, -0.25) is 0 Å². The van der Waals surface area contributed by atoms with Gasteiger partial charge in [0.05, 0.1) is 7.11 Å². The summed E-state index contributed by atoms with van der Waals surface area (Å²) in [6.45, 7) is 2.04. The normalized spacial score (nSPS) is 11.3. The van der Waals surface area contributed by atoms with E-state index >= 15 is 0 Å². The molecule has 1 aromatic heterocycles. The molecule has 0 radical (unpaired) electrons. The van der Waals surface area contributed by atoms with E-state index in [4.69, 9.17) is 10.00 Å². The maximum Gasteiger partial charge on any atom is 0.141 e. The topological polar surface area (TPSA) is 45.9 Å². The van der Waals surface area contributed by atoms with E-state index in [1.807, 2.05) is 37.3 Å². The molecule has 0 atom stereocenters. The molecule has 0 spiro atoms. The summed E-state index contributed by atoms with van der Waals surface area (Å²) >= 11 is 0. The number of benzene rings is 1. The van der Waals surface area contributed by atoms with Crippen LogP contribution in [0.2, 0.25) is 0 Å². The third kappa shape index (κ3) is 2.18. The minimum absolute atomic E-state index is 0.405. The van der Waals surface area contributed by atoms with Crippen molar-refractivity contribution in [1.82, 2.24) is 4.98 Å². The molecule has 0 saturated carbocycles. The molecule has 3 heteroatoms. The Balaban J connectivity index is 2.75. The lowest BCUT2D eigenvalue weighted by Crippen LogP contribution is -1.96. The number of ether oxygens (including phenoxy) is 1. The van der Waals surface area contributed by atoms with E-state index in [-0.39, 0.29) is 0 Å². The fourth-order valence-corrected chi connectivity index (χ4v) is 1.91. The highest BCUT2D eigenvalue weighted by Crippen LogP contribution is 2.24. The van der Waals surface area contributed by atoms with Crippen molar-refractivity contribution in [2.75, 3.05) is 7.11 Å². The summed E-state index contributed by atoms with van der Waals surface area (Å²) in [4.78, 5) is 4.35. The lowest BCUT2D eigenvalue weighted by atomic mass is 10.1. The molecular weight excluding hydrogens is 224 g/mol. The van der Waals surface area contributed by atoms with Gasteiger partial charge in [0, 0.05) is 5.39 Å². The van der Waals surface area contributed by atoms with Gasteiger partial charge in [0.1, 0.15) is 23.2 Å². The summed E-state index contributed by atoms with van der Waals surface area (Å²) in [6.07, 6.45) is 2.83. The van der Waals surface area contributed by atoms with Gasteiger partial charge < -0.3 is 4.74 Å². The molecule has 0 N–H and O–H groups in total. The Morgan fingerprint density at radius 2 is 2.22 bits per heavy atom. The zero-order chi connectivity index (χ0) is 13.0. The summed E-state index contributed by atoms with van der Waals surface area (Å²) in [5.74, 6) is 0.714. The summed E-state index contributed by atoms with van der Waals surface area (Å²) in [5, 5.41) is 11.0. The number of allylic oxidation sites excluding steroid dienone is 1. The van der Waals surface area contributed by atoms with Crippen LogP contribution in [0.5, 0.6) is 0 Å². The first-order valence-corrected chi connectivity index (χ1v) is 5.84. The maximum absolute atomic E-state index is 9.03. The van der Waals surface area contributed by atoms with Crippen LogP contribution in [0.4, 0.5) is 0 Å². The molecule has 0 aliphatic heterocycles. The van der Waals surface area contributed by atoms with E-state index < -0.39 is 0 Å². The minimum atomic E-state index is 0.405. The third-order valence-corrected chi connectivity index (χ3v) is 2.70. The van der Waals surface area contributed by atoms with Gasteiger partial charge in [-0.25, -0.2) is 4.98 Å². The Bertz CT molecular complexity index is 638. The molecule has 0 aliphatic rings. The zero-order valence-corrected chi connectivity index (χ0v) is 10.5. The van der Waals surface area contributed by atoms with Gasteiger partial charge in [-0.1, -0.05) is 31.2 Å². The molecule has 0 amide bonds. The van der Waals surface area contributed by atoms with Crippen LogP contribution in [-0.4, -0.2) is 12.1 Å². The lowest BCUT2D eigenvalue weighted by molar-refractivity contribution is 0.367. The van der Waals surface area contributed by atoms with Gasteiger partial charge in [0.25, 0.3) is 0 Å². The molecule has 0 unspecified atom stereocenters. The van der Waals surface area contributed by atoms with Crippen molar-refractivity contribution in [2.45, 2.75) is 13.3 Å². The summed E-state index contributed by atoms with van der Waals surface area (Å²) in [7, 11) is 1.62. The SMILES string of the molecule is CC/C=C(\OC)c1nc(C#N)cc2ccccc12. The number of rotatable bonds is 3. The molecule has 0 saturated heterocycles. The fourth-order valence-electron chi connectivity index (χ4n) is 1.91. The largest absolute Gasteiger partial charge is 0.495 e. The summed E-state index contributed by atoms with van der Waals surface area (Å²) in [6, 6.07) is 11.7. The number of hydrogen-bond donors (Lipinski definition) is 0. The molecule has 2 aromatic rings. The lowest BCUT2D eigenvalue weighted by Gasteiger charge is -2.09. The standard InChI is InChI=1S/C15H14N2O/c1-3-6-14(18-2)15-13-8-5-4-7-11(13)9-12(10-16)17-15/h4-9H,3H2,1-2H3/b14-6-. The monoisotopic (exact) mass is 238 g/mol. The second-order valence-corrected chi connectivity index (χ2v) is 3.87. The number of pyridine rings is 1. The predicted molar refractivity (Wildman–Crippen MR) is 71.7 cm³/mol.